The van der Waals surface area contributed by atoms with Crippen molar-refractivity contribution >= 4 is 0 Å². The zero-order chi connectivity index (χ0) is 10.0. The maximum atomic E-state index is 9.52. The van der Waals surface area contributed by atoms with Crippen LogP contribution in [0.3, 0.4) is 0 Å². The van der Waals surface area contributed by atoms with E-state index in [0.717, 1.165) is 0 Å². The number of hydrogen-bond donors (Lipinski definition) is 3. The second-order valence-corrected chi connectivity index (χ2v) is 4.05. The smallest absolute Gasteiger partial charge is 0.111 e. The zero-order valence-corrected chi connectivity index (χ0v) is 8.05. The molecule has 0 aliphatic carbocycles. The van der Waals surface area contributed by atoms with Gasteiger partial charge in [-0.25, -0.2) is 0 Å². The summed E-state index contributed by atoms with van der Waals surface area (Å²) in [6.45, 7) is 4.15. The molecule has 4 nitrogen and oxygen atoms in total. The van der Waals surface area contributed by atoms with Crippen molar-refractivity contribution in [2.24, 2.45) is 5.92 Å². The molecule has 1 heterocycles. The molecule has 0 aromatic heterocycles. The van der Waals surface area contributed by atoms with Crippen molar-refractivity contribution in [2.45, 2.75) is 44.7 Å². The number of ether oxygens (including phenoxy) is 1. The van der Waals surface area contributed by atoms with E-state index in [-0.39, 0.29) is 12.7 Å². The molecule has 1 aliphatic heterocycles. The Hall–Kier alpha value is -0.160. The van der Waals surface area contributed by atoms with E-state index >= 15 is 0 Å². The van der Waals surface area contributed by atoms with Crippen molar-refractivity contribution in [2.75, 3.05) is 6.61 Å². The number of rotatable bonds is 2. The highest BCUT2D eigenvalue weighted by atomic mass is 16.5. The summed E-state index contributed by atoms with van der Waals surface area (Å²) in [5, 5.41) is 28.0. The molecule has 1 aliphatic rings. The first-order valence-electron chi connectivity index (χ1n) is 4.68. The van der Waals surface area contributed by atoms with Gasteiger partial charge in [-0.15, -0.1) is 0 Å². The van der Waals surface area contributed by atoms with Gasteiger partial charge in [0, 0.05) is 0 Å². The Labute approximate surface area is 78.1 Å². The van der Waals surface area contributed by atoms with Gasteiger partial charge in [-0.2, -0.15) is 0 Å². The first-order valence-corrected chi connectivity index (χ1v) is 4.68. The number of hydrogen-bond acceptors (Lipinski definition) is 4. The van der Waals surface area contributed by atoms with Crippen molar-refractivity contribution in [3.63, 3.8) is 0 Å². The van der Waals surface area contributed by atoms with Crippen LogP contribution in [0.1, 0.15) is 20.3 Å². The Balaban J connectivity index is 2.48. The molecule has 0 aromatic carbocycles. The third-order valence-corrected chi connectivity index (χ3v) is 2.31. The van der Waals surface area contributed by atoms with Gasteiger partial charge in [-0.1, -0.05) is 13.8 Å². The number of aliphatic hydroxyl groups is 3. The van der Waals surface area contributed by atoms with E-state index in [2.05, 4.69) is 0 Å². The van der Waals surface area contributed by atoms with Crippen LogP contribution in [0.2, 0.25) is 0 Å². The molecule has 78 valence electrons. The van der Waals surface area contributed by atoms with Gasteiger partial charge < -0.3 is 20.1 Å². The Morgan fingerprint density at radius 1 is 1.23 bits per heavy atom. The van der Waals surface area contributed by atoms with Crippen LogP contribution in [0, 0.1) is 5.92 Å². The highest BCUT2D eigenvalue weighted by Gasteiger charge is 2.37. The molecule has 0 spiro atoms. The molecule has 0 saturated carbocycles. The van der Waals surface area contributed by atoms with E-state index in [4.69, 9.17) is 9.84 Å². The molecule has 0 aromatic rings. The van der Waals surface area contributed by atoms with Crippen molar-refractivity contribution in [1.82, 2.24) is 0 Å². The fourth-order valence-electron chi connectivity index (χ4n) is 1.54. The van der Waals surface area contributed by atoms with Crippen LogP contribution >= 0.6 is 0 Å². The van der Waals surface area contributed by atoms with Crippen LogP contribution in [-0.2, 0) is 4.74 Å². The Bertz CT molecular complexity index is 160. The summed E-state index contributed by atoms with van der Waals surface area (Å²) in [4.78, 5) is 0. The molecule has 0 amide bonds. The molecule has 1 fully saturated rings. The van der Waals surface area contributed by atoms with E-state index in [1.807, 2.05) is 13.8 Å². The second kappa shape index (κ2) is 4.37. The minimum absolute atomic E-state index is 0.107. The van der Waals surface area contributed by atoms with E-state index in [9.17, 15) is 10.2 Å². The van der Waals surface area contributed by atoms with Gasteiger partial charge in [0.15, 0.2) is 0 Å². The minimum atomic E-state index is -1.07. The average Bonchev–Trinajstić information content (AvgIpc) is 2.06. The summed E-state index contributed by atoms with van der Waals surface area (Å²) in [6.07, 6.45) is -2.65. The van der Waals surface area contributed by atoms with Crippen LogP contribution in [0.4, 0.5) is 0 Å². The molecule has 1 saturated heterocycles. The highest BCUT2D eigenvalue weighted by Crippen LogP contribution is 2.20. The summed E-state index contributed by atoms with van der Waals surface area (Å²) in [7, 11) is 0. The molecule has 3 N–H and O–H groups in total. The standard InChI is InChI=1S/C9H18O4/c1-5(2)3-7-9(12)8(11)6(10)4-13-7/h5-12H,3-4H2,1-2H3/t6-,7-,8+,9-/m1/s1. The molecular formula is C9H18O4. The summed E-state index contributed by atoms with van der Waals surface area (Å²) < 4.78 is 5.22. The van der Waals surface area contributed by atoms with E-state index in [1.165, 1.54) is 0 Å². The first kappa shape index (κ1) is 10.9. The first-order chi connectivity index (χ1) is 6.02. The number of aliphatic hydroxyl groups excluding tert-OH is 3. The average molecular weight is 190 g/mol. The van der Waals surface area contributed by atoms with Crippen molar-refractivity contribution in [3.05, 3.63) is 0 Å². The maximum absolute atomic E-state index is 9.52. The van der Waals surface area contributed by atoms with Crippen LogP contribution in [-0.4, -0.2) is 46.3 Å². The molecule has 0 radical (unpaired) electrons. The van der Waals surface area contributed by atoms with Gasteiger partial charge in [0.05, 0.1) is 12.7 Å². The molecule has 0 unspecified atom stereocenters. The lowest BCUT2D eigenvalue weighted by atomic mass is 9.94. The van der Waals surface area contributed by atoms with Crippen molar-refractivity contribution < 1.29 is 20.1 Å². The van der Waals surface area contributed by atoms with Gasteiger partial charge in [0.1, 0.15) is 18.3 Å². The molecular weight excluding hydrogens is 172 g/mol. The maximum Gasteiger partial charge on any atom is 0.111 e. The van der Waals surface area contributed by atoms with Gasteiger partial charge in [0.25, 0.3) is 0 Å². The normalized spacial score (nSPS) is 41.1. The third kappa shape index (κ3) is 2.64. The molecule has 1 rings (SSSR count). The van der Waals surface area contributed by atoms with E-state index < -0.39 is 18.3 Å². The lowest BCUT2D eigenvalue weighted by Gasteiger charge is -2.36. The quantitative estimate of drug-likeness (QED) is 0.550. The summed E-state index contributed by atoms with van der Waals surface area (Å²) >= 11 is 0. The van der Waals surface area contributed by atoms with Gasteiger partial charge in [0.2, 0.25) is 0 Å². The van der Waals surface area contributed by atoms with Crippen molar-refractivity contribution in [1.29, 1.82) is 0 Å². The van der Waals surface area contributed by atoms with Crippen LogP contribution in [0.15, 0.2) is 0 Å². The molecule has 13 heavy (non-hydrogen) atoms. The van der Waals surface area contributed by atoms with E-state index in [0.29, 0.717) is 12.3 Å². The predicted octanol–water partition coefficient (Wildman–Crippen LogP) is -0.486. The van der Waals surface area contributed by atoms with Crippen LogP contribution < -0.4 is 0 Å². The Kier molecular flexibility index (Phi) is 3.67. The summed E-state index contributed by atoms with van der Waals surface area (Å²) in [6, 6.07) is 0. The fraction of sp³-hybridized carbons (Fsp3) is 1.00. The lowest BCUT2D eigenvalue weighted by Crippen LogP contribution is -2.53. The van der Waals surface area contributed by atoms with Gasteiger partial charge >= 0.3 is 0 Å². The van der Waals surface area contributed by atoms with E-state index in [1.54, 1.807) is 0 Å². The Morgan fingerprint density at radius 3 is 2.38 bits per heavy atom. The molecule has 0 bridgehead atoms. The van der Waals surface area contributed by atoms with Gasteiger partial charge in [-0.05, 0) is 12.3 Å². The monoisotopic (exact) mass is 190 g/mol. The zero-order valence-electron chi connectivity index (χ0n) is 8.05. The topological polar surface area (TPSA) is 69.9 Å². The Morgan fingerprint density at radius 2 is 1.85 bits per heavy atom. The second-order valence-electron chi connectivity index (χ2n) is 4.05. The van der Waals surface area contributed by atoms with Crippen molar-refractivity contribution in [3.8, 4) is 0 Å². The molecule has 4 atom stereocenters. The summed E-state index contributed by atoms with van der Waals surface area (Å²) in [5.41, 5.74) is 0. The minimum Gasteiger partial charge on any atom is -0.388 e. The highest BCUT2D eigenvalue weighted by molar-refractivity contribution is 4.86. The lowest BCUT2D eigenvalue weighted by molar-refractivity contribution is -0.190. The molecule has 4 heteroatoms. The summed E-state index contributed by atoms with van der Waals surface area (Å²) in [5.74, 6) is 0.405. The van der Waals surface area contributed by atoms with Crippen LogP contribution in [0.5, 0.6) is 0 Å². The van der Waals surface area contributed by atoms with Gasteiger partial charge in [-0.3, -0.25) is 0 Å². The third-order valence-electron chi connectivity index (χ3n) is 2.31. The predicted molar refractivity (Wildman–Crippen MR) is 47.2 cm³/mol. The largest absolute Gasteiger partial charge is 0.388 e. The fourth-order valence-corrected chi connectivity index (χ4v) is 1.54. The SMILES string of the molecule is CC(C)C[C@H]1OC[C@@H](O)[C@H](O)[C@@H]1O. The van der Waals surface area contributed by atoms with Crippen LogP contribution in [0.25, 0.3) is 0 Å².